The van der Waals surface area contributed by atoms with Crippen molar-refractivity contribution in [2.24, 2.45) is 0 Å². The van der Waals surface area contributed by atoms with Crippen molar-refractivity contribution in [3.8, 4) is 0 Å². The zero-order valence-corrected chi connectivity index (χ0v) is 16.5. The molecule has 1 aromatic rings. The van der Waals surface area contributed by atoms with Gasteiger partial charge in [-0.15, -0.1) is 0 Å². The summed E-state index contributed by atoms with van der Waals surface area (Å²) in [5.41, 5.74) is 3.59. The summed E-state index contributed by atoms with van der Waals surface area (Å²) >= 11 is 0. The van der Waals surface area contributed by atoms with Crippen LogP contribution in [0, 0.1) is 0 Å². The third-order valence-corrected chi connectivity index (χ3v) is 5.88. The lowest BCUT2D eigenvalue weighted by molar-refractivity contribution is 0.0736. The topological polar surface area (TPSA) is 38.8 Å². The summed E-state index contributed by atoms with van der Waals surface area (Å²) in [6, 6.07) is 6.35. The molecule has 0 spiro atoms. The highest BCUT2D eigenvalue weighted by molar-refractivity contribution is 5.94. The highest BCUT2D eigenvalue weighted by Gasteiger charge is 2.21. The lowest BCUT2D eigenvalue weighted by atomic mass is 9.99. The maximum absolute atomic E-state index is 13.2. The first-order valence-electron chi connectivity index (χ1n) is 10.3. The lowest BCUT2D eigenvalue weighted by Gasteiger charge is -2.26. The summed E-state index contributed by atoms with van der Waals surface area (Å²) in [6.45, 7) is 14.3. The van der Waals surface area contributed by atoms with Crippen molar-refractivity contribution in [1.29, 1.82) is 0 Å². The highest BCUT2D eigenvalue weighted by Crippen LogP contribution is 2.17. The second kappa shape index (κ2) is 9.49. The number of rotatable bonds is 3. The minimum atomic E-state index is 0.194. The van der Waals surface area contributed by atoms with E-state index in [1.807, 2.05) is 6.07 Å². The number of benzene rings is 1. The largest absolute Gasteiger partial charge is 0.336 e. The molecule has 0 aromatic heterocycles. The number of nitrogens with one attached hydrogen (secondary N) is 1. The number of carbonyl (C=O) groups is 1. The molecule has 1 amide bonds. The molecule has 5 heteroatoms. The molecule has 3 rings (SSSR count). The van der Waals surface area contributed by atoms with E-state index in [1.54, 1.807) is 0 Å². The number of hydrogen-bond donors (Lipinski definition) is 1. The first kappa shape index (κ1) is 19.3. The van der Waals surface area contributed by atoms with Crippen LogP contribution in [0.15, 0.2) is 18.2 Å². The molecule has 0 aliphatic carbocycles. The molecule has 1 saturated heterocycles. The molecule has 0 radical (unpaired) electrons. The van der Waals surface area contributed by atoms with Gasteiger partial charge in [-0.3, -0.25) is 4.79 Å². The number of amides is 1. The molecule has 144 valence electrons. The van der Waals surface area contributed by atoms with E-state index in [4.69, 9.17) is 0 Å². The van der Waals surface area contributed by atoms with E-state index in [0.717, 1.165) is 83.9 Å². The van der Waals surface area contributed by atoms with Crippen LogP contribution in [0.25, 0.3) is 0 Å². The van der Waals surface area contributed by atoms with Crippen LogP contribution >= 0.6 is 0 Å². The molecule has 26 heavy (non-hydrogen) atoms. The highest BCUT2D eigenvalue weighted by atomic mass is 16.2. The maximum Gasteiger partial charge on any atom is 0.253 e. The Hall–Kier alpha value is -1.43. The minimum Gasteiger partial charge on any atom is -0.336 e. The Morgan fingerprint density at radius 2 is 1.46 bits per heavy atom. The van der Waals surface area contributed by atoms with Gasteiger partial charge in [0.05, 0.1) is 0 Å². The fourth-order valence-corrected chi connectivity index (χ4v) is 3.97. The van der Waals surface area contributed by atoms with Crippen molar-refractivity contribution in [3.63, 3.8) is 0 Å². The van der Waals surface area contributed by atoms with Crippen LogP contribution in [0.3, 0.4) is 0 Å². The number of likely N-dealkylation sites (N-methyl/N-ethyl adjacent to an activating group) is 2. The van der Waals surface area contributed by atoms with Crippen LogP contribution in [-0.4, -0.2) is 86.1 Å². The van der Waals surface area contributed by atoms with Gasteiger partial charge in [-0.1, -0.05) is 19.9 Å². The van der Waals surface area contributed by atoms with Gasteiger partial charge < -0.3 is 20.0 Å². The lowest BCUT2D eigenvalue weighted by Crippen LogP contribution is -2.40. The van der Waals surface area contributed by atoms with Gasteiger partial charge in [-0.25, -0.2) is 0 Å². The summed E-state index contributed by atoms with van der Waals surface area (Å²) < 4.78 is 0. The third-order valence-electron chi connectivity index (χ3n) is 5.88. The van der Waals surface area contributed by atoms with Crippen LogP contribution < -0.4 is 5.32 Å². The maximum atomic E-state index is 13.2. The normalized spacial score (nSPS) is 20.6. The summed E-state index contributed by atoms with van der Waals surface area (Å²) in [6.07, 6.45) is 2.08. The number of fused-ring (bicyclic) bond motifs is 1. The summed E-state index contributed by atoms with van der Waals surface area (Å²) in [5.74, 6) is 0.194. The van der Waals surface area contributed by atoms with Crippen LogP contribution in [0.4, 0.5) is 0 Å². The van der Waals surface area contributed by atoms with E-state index in [1.165, 1.54) is 11.1 Å². The van der Waals surface area contributed by atoms with Crippen LogP contribution in [0.2, 0.25) is 0 Å². The molecule has 0 saturated carbocycles. The van der Waals surface area contributed by atoms with Gasteiger partial charge in [0.2, 0.25) is 0 Å². The molecule has 1 aromatic carbocycles. The molecule has 5 nitrogen and oxygen atoms in total. The molecule has 2 aliphatic rings. The fourth-order valence-electron chi connectivity index (χ4n) is 3.97. The van der Waals surface area contributed by atoms with Crippen molar-refractivity contribution in [2.75, 3.05) is 65.4 Å². The van der Waals surface area contributed by atoms with E-state index < -0.39 is 0 Å². The van der Waals surface area contributed by atoms with E-state index in [0.29, 0.717) is 0 Å². The van der Waals surface area contributed by atoms with E-state index in [-0.39, 0.29) is 5.91 Å². The Kier molecular flexibility index (Phi) is 7.06. The van der Waals surface area contributed by atoms with Gasteiger partial charge in [0.15, 0.2) is 0 Å². The molecular weight excluding hydrogens is 324 g/mol. The third kappa shape index (κ3) is 4.84. The Balaban J connectivity index is 1.75. The van der Waals surface area contributed by atoms with Gasteiger partial charge in [-0.2, -0.15) is 0 Å². The molecule has 2 heterocycles. The molecule has 2 aliphatic heterocycles. The molecule has 0 unspecified atom stereocenters. The second-order valence-electron chi connectivity index (χ2n) is 7.39. The zero-order chi connectivity index (χ0) is 18.4. The van der Waals surface area contributed by atoms with Crippen molar-refractivity contribution >= 4 is 5.91 Å². The standard InChI is InChI=1S/C21H34N4O/c1-3-23-11-12-24(4-2)14-16-25(15-13-23)21(26)20-6-5-18-7-9-22-10-8-19(18)17-20/h5-6,17,22H,3-4,7-16H2,1-2H3. The zero-order valence-electron chi connectivity index (χ0n) is 16.5. The van der Waals surface area contributed by atoms with Crippen molar-refractivity contribution < 1.29 is 4.79 Å². The molecule has 1 N–H and O–H groups in total. The fraction of sp³-hybridized carbons (Fsp3) is 0.667. The predicted octanol–water partition coefficient (Wildman–Crippen LogP) is 1.47. The van der Waals surface area contributed by atoms with Gasteiger partial charge in [-0.05, 0) is 62.3 Å². The van der Waals surface area contributed by atoms with Gasteiger partial charge in [0, 0.05) is 44.8 Å². The molecular formula is C21H34N4O. The Bertz CT molecular complexity index is 588. The summed E-state index contributed by atoms with van der Waals surface area (Å²) in [7, 11) is 0. The minimum absolute atomic E-state index is 0.194. The second-order valence-corrected chi connectivity index (χ2v) is 7.39. The molecule has 0 atom stereocenters. The number of hydrogen-bond acceptors (Lipinski definition) is 4. The van der Waals surface area contributed by atoms with Gasteiger partial charge in [0.1, 0.15) is 0 Å². The van der Waals surface area contributed by atoms with Crippen molar-refractivity contribution in [1.82, 2.24) is 20.0 Å². The average Bonchev–Trinajstić information content (AvgIpc) is 2.85. The van der Waals surface area contributed by atoms with Crippen molar-refractivity contribution in [2.45, 2.75) is 26.7 Å². The first-order chi connectivity index (χ1) is 12.7. The predicted molar refractivity (Wildman–Crippen MR) is 107 cm³/mol. The molecule has 0 bridgehead atoms. The molecule has 1 fully saturated rings. The van der Waals surface area contributed by atoms with Gasteiger partial charge >= 0.3 is 0 Å². The monoisotopic (exact) mass is 358 g/mol. The summed E-state index contributed by atoms with van der Waals surface area (Å²) in [5, 5.41) is 3.44. The summed E-state index contributed by atoms with van der Waals surface area (Å²) in [4.78, 5) is 20.2. The van der Waals surface area contributed by atoms with E-state index in [9.17, 15) is 4.79 Å². The number of carbonyl (C=O) groups excluding carboxylic acids is 1. The van der Waals surface area contributed by atoms with Crippen molar-refractivity contribution in [3.05, 3.63) is 34.9 Å². The number of nitrogens with zero attached hydrogens (tertiary/aromatic N) is 3. The average molecular weight is 359 g/mol. The first-order valence-corrected chi connectivity index (χ1v) is 10.3. The van der Waals surface area contributed by atoms with Crippen LogP contribution in [0.5, 0.6) is 0 Å². The van der Waals surface area contributed by atoms with E-state index >= 15 is 0 Å². The van der Waals surface area contributed by atoms with Crippen LogP contribution in [0.1, 0.15) is 35.3 Å². The SMILES string of the molecule is CCN1CCN(CC)CCN(C(=O)c2ccc3c(c2)CCNCC3)CC1. The Labute approximate surface area is 158 Å². The van der Waals surface area contributed by atoms with E-state index in [2.05, 4.69) is 46.0 Å². The van der Waals surface area contributed by atoms with Gasteiger partial charge in [0.25, 0.3) is 5.91 Å². The Morgan fingerprint density at radius 3 is 2.08 bits per heavy atom. The quantitative estimate of drug-likeness (QED) is 0.888. The smallest absolute Gasteiger partial charge is 0.253 e. The Morgan fingerprint density at radius 1 is 0.885 bits per heavy atom. The van der Waals surface area contributed by atoms with Crippen LogP contribution in [-0.2, 0) is 12.8 Å².